The monoisotopic (exact) mass is 318 g/mol. The van der Waals surface area contributed by atoms with E-state index >= 15 is 0 Å². The summed E-state index contributed by atoms with van der Waals surface area (Å²) in [5.41, 5.74) is 1.29. The average Bonchev–Trinajstić information content (AvgIpc) is 2.64. The van der Waals surface area contributed by atoms with Crippen molar-refractivity contribution in [2.45, 2.75) is 12.5 Å². The minimum atomic E-state index is 0.302. The highest BCUT2D eigenvalue weighted by atomic mass is 16.5. The number of aliphatic imine (C=N–C) groups is 1. The summed E-state index contributed by atoms with van der Waals surface area (Å²) in [7, 11) is 1.70. The zero-order valence-corrected chi connectivity index (χ0v) is 13.8. The van der Waals surface area contributed by atoms with Gasteiger partial charge in [0.05, 0.1) is 26.4 Å². The first-order valence-electron chi connectivity index (χ1n) is 8.35. The van der Waals surface area contributed by atoms with E-state index in [4.69, 9.17) is 9.47 Å². The van der Waals surface area contributed by atoms with Gasteiger partial charge in [-0.3, -0.25) is 9.89 Å². The molecule has 1 aromatic rings. The number of hydrogen-bond acceptors (Lipinski definition) is 6. The maximum Gasteiger partial charge on any atom is 0.191 e. The largest absolute Gasteiger partial charge is 0.497 e. The van der Waals surface area contributed by atoms with Crippen molar-refractivity contribution in [1.29, 1.82) is 0 Å². The van der Waals surface area contributed by atoms with Crippen LogP contribution in [0.2, 0.25) is 0 Å². The van der Waals surface area contributed by atoms with Crippen LogP contribution in [0.1, 0.15) is 18.0 Å². The quantitative estimate of drug-likeness (QED) is 0.848. The Morgan fingerprint density at radius 2 is 2.09 bits per heavy atom. The number of nitrogens with one attached hydrogen (secondary N) is 2. The predicted molar refractivity (Wildman–Crippen MR) is 91.1 cm³/mol. The zero-order chi connectivity index (χ0) is 15.9. The second-order valence-electron chi connectivity index (χ2n) is 5.83. The van der Waals surface area contributed by atoms with Gasteiger partial charge in [0.2, 0.25) is 0 Å². The van der Waals surface area contributed by atoms with Crippen molar-refractivity contribution in [1.82, 2.24) is 15.5 Å². The van der Waals surface area contributed by atoms with Crippen LogP contribution in [0, 0.1) is 0 Å². The van der Waals surface area contributed by atoms with E-state index in [1.807, 2.05) is 12.1 Å². The van der Waals surface area contributed by atoms with Crippen molar-refractivity contribution < 1.29 is 9.47 Å². The lowest BCUT2D eigenvalue weighted by Crippen LogP contribution is -2.47. The molecule has 1 aromatic carbocycles. The lowest BCUT2D eigenvalue weighted by atomic mass is 10.0. The van der Waals surface area contributed by atoms with Crippen LogP contribution < -0.4 is 15.4 Å². The van der Waals surface area contributed by atoms with Gasteiger partial charge in [0, 0.05) is 32.7 Å². The first-order valence-corrected chi connectivity index (χ1v) is 8.35. The summed E-state index contributed by atoms with van der Waals surface area (Å²) < 4.78 is 10.8. The van der Waals surface area contributed by atoms with Gasteiger partial charge in [0.1, 0.15) is 5.75 Å². The van der Waals surface area contributed by atoms with Crippen LogP contribution in [0.5, 0.6) is 5.75 Å². The molecule has 0 amide bonds. The summed E-state index contributed by atoms with van der Waals surface area (Å²) in [4.78, 5) is 6.97. The summed E-state index contributed by atoms with van der Waals surface area (Å²) in [6.07, 6.45) is 1.11. The van der Waals surface area contributed by atoms with Crippen molar-refractivity contribution in [3.8, 4) is 5.75 Å². The molecule has 6 heteroatoms. The van der Waals surface area contributed by atoms with E-state index in [1.165, 1.54) is 5.56 Å². The standard InChI is InChI=1S/C17H26N4O2/c1-22-15-5-3-14(4-6-15)16(21-9-11-23-12-10-21)13-20-17-18-7-2-8-19-17/h3-6,16H,2,7-13H2,1H3,(H2,18,19,20)/t16-/m0/s1. The van der Waals surface area contributed by atoms with Crippen LogP contribution in [0.25, 0.3) is 0 Å². The molecule has 2 heterocycles. The van der Waals surface area contributed by atoms with E-state index in [0.29, 0.717) is 6.04 Å². The number of hydrogen-bond donors (Lipinski definition) is 2. The number of rotatable bonds is 5. The summed E-state index contributed by atoms with van der Waals surface area (Å²) in [5.74, 6) is 1.81. The van der Waals surface area contributed by atoms with E-state index in [0.717, 1.165) is 64.1 Å². The second-order valence-corrected chi connectivity index (χ2v) is 5.83. The van der Waals surface area contributed by atoms with Gasteiger partial charge in [-0.25, -0.2) is 0 Å². The fourth-order valence-corrected chi connectivity index (χ4v) is 3.02. The van der Waals surface area contributed by atoms with Crippen molar-refractivity contribution in [2.24, 2.45) is 4.99 Å². The zero-order valence-electron chi connectivity index (χ0n) is 13.8. The molecule has 0 bridgehead atoms. The highest BCUT2D eigenvalue weighted by Crippen LogP contribution is 2.23. The van der Waals surface area contributed by atoms with Gasteiger partial charge in [0.15, 0.2) is 5.96 Å². The molecule has 2 aliphatic rings. The molecule has 126 valence electrons. The van der Waals surface area contributed by atoms with E-state index in [-0.39, 0.29) is 0 Å². The number of benzene rings is 1. The Labute approximate surface area is 137 Å². The molecule has 1 saturated heterocycles. The first kappa shape index (κ1) is 16.1. The molecule has 0 spiro atoms. The third kappa shape index (κ3) is 4.36. The van der Waals surface area contributed by atoms with Crippen molar-refractivity contribution in [3.63, 3.8) is 0 Å². The first-order chi connectivity index (χ1) is 11.4. The van der Waals surface area contributed by atoms with Gasteiger partial charge in [0.25, 0.3) is 0 Å². The Bertz CT molecular complexity index is 512. The van der Waals surface area contributed by atoms with Crippen molar-refractivity contribution >= 4 is 5.96 Å². The van der Waals surface area contributed by atoms with Crippen molar-refractivity contribution in [3.05, 3.63) is 29.8 Å². The van der Waals surface area contributed by atoms with Gasteiger partial charge in [-0.05, 0) is 24.1 Å². The molecule has 0 aromatic heterocycles. The van der Waals surface area contributed by atoms with E-state index < -0.39 is 0 Å². The average molecular weight is 318 g/mol. The van der Waals surface area contributed by atoms with Crippen LogP contribution in [0.4, 0.5) is 0 Å². The lowest BCUT2D eigenvalue weighted by molar-refractivity contribution is 0.0170. The maximum atomic E-state index is 5.50. The molecule has 3 rings (SSSR count). The Balaban J connectivity index is 1.70. The summed E-state index contributed by atoms with van der Waals surface area (Å²) in [6, 6.07) is 8.66. The fraction of sp³-hybridized carbons (Fsp3) is 0.588. The predicted octanol–water partition coefficient (Wildman–Crippen LogP) is 1.01. The Hall–Kier alpha value is -1.79. The van der Waals surface area contributed by atoms with Crippen LogP contribution in [-0.4, -0.2) is 63.9 Å². The van der Waals surface area contributed by atoms with Gasteiger partial charge in [-0.15, -0.1) is 0 Å². The van der Waals surface area contributed by atoms with E-state index in [2.05, 4.69) is 32.7 Å². The van der Waals surface area contributed by atoms with Gasteiger partial charge >= 0.3 is 0 Å². The number of guanidine groups is 1. The molecule has 2 N–H and O–H groups in total. The van der Waals surface area contributed by atoms with Crippen LogP contribution >= 0.6 is 0 Å². The highest BCUT2D eigenvalue weighted by Gasteiger charge is 2.23. The molecule has 6 nitrogen and oxygen atoms in total. The minimum Gasteiger partial charge on any atom is -0.497 e. The molecular weight excluding hydrogens is 292 g/mol. The van der Waals surface area contributed by atoms with Crippen LogP contribution in [0.3, 0.4) is 0 Å². The summed E-state index contributed by atoms with van der Waals surface area (Å²) in [6.45, 7) is 6.24. The summed E-state index contributed by atoms with van der Waals surface area (Å²) >= 11 is 0. The van der Waals surface area contributed by atoms with Gasteiger partial charge in [-0.1, -0.05) is 12.1 Å². The highest BCUT2D eigenvalue weighted by molar-refractivity contribution is 5.80. The number of ether oxygens (including phenoxy) is 2. The Kier molecular flexibility index (Phi) is 5.71. The molecule has 1 fully saturated rings. The topological polar surface area (TPSA) is 58.1 Å². The van der Waals surface area contributed by atoms with Crippen molar-refractivity contribution in [2.75, 3.05) is 53.0 Å². The smallest absolute Gasteiger partial charge is 0.191 e. The minimum absolute atomic E-state index is 0.302. The van der Waals surface area contributed by atoms with Gasteiger partial charge < -0.3 is 20.1 Å². The molecule has 0 aliphatic carbocycles. The molecule has 2 aliphatic heterocycles. The Morgan fingerprint density at radius 1 is 1.30 bits per heavy atom. The van der Waals surface area contributed by atoms with E-state index in [9.17, 15) is 0 Å². The van der Waals surface area contributed by atoms with Crippen LogP contribution in [0.15, 0.2) is 29.3 Å². The lowest BCUT2D eigenvalue weighted by Gasteiger charge is -2.35. The van der Waals surface area contributed by atoms with E-state index in [1.54, 1.807) is 7.11 Å². The normalized spacial score (nSPS) is 20.3. The van der Waals surface area contributed by atoms with Crippen LogP contribution in [-0.2, 0) is 4.74 Å². The molecule has 0 radical (unpaired) electrons. The summed E-state index contributed by atoms with van der Waals surface area (Å²) in [5, 5.41) is 6.79. The molecule has 23 heavy (non-hydrogen) atoms. The molecular formula is C17H26N4O2. The number of morpholine rings is 1. The third-order valence-electron chi connectivity index (χ3n) is 4.35. The fourth-order valence-electron chi connectivity index (χ4n) is 3.02. The SMILES string of the molecule is COc1ccc([C@H](CNC2=NCCCN2)N2CCOCC2)cc1. The Morgan fingerprint density at radius 3 is 2.74 bits per heavy atom. The molecule has 1 atom stereocenters. The number of methoxy groups -OCH3 is 1. The second kappa shape index (κ2) is 8.17. The third-order valence-corrected chi connectivity index (χ3v) is 4.35. The molecule has 0 saturated carbocycles. The van der Waals surface area contributed by atoms with Gasteiger partial charge in [-0.2, -0.15) is 0 Å². The molecule has 0 unspecified atom stereocenters. The number of nitrogens with zero attached hydrogens (tertiary/aromatic N) is 2. The maximum absolute atomic E-state index is 5.50.